The highest BCUT2D eigenvalue weighted by molar-refractivity contribution is 5.84. The Bertz CT molecular complexity index is 2140. The highest BCUT2D eigenvalue weighted by atomic mass is 16.4. The molecule has 2 aliphatic rings. The van der Waals surface area contributed by atoms with Gasteiger partial charge < -0.3 is 22.0 Å². The second-order valence-corrected chi connectivity index (χ2v) is 14.2. The van der Waals surface area contributed by atoms with Gasteiger partial charge in [0.25, 0.3) is 0 Å². The zero-order chi connectivity index (χ0) is 35.6. The molecule has 8 rings (SSSR count). The van der Waals surface area contributed by atoms with E-state index < -0.39 is 0 Å². The molecule has 15 nitrogen and oxygen atoms in total. The van der Waals surface area contributed by atoms with Gasteiger partial charge in [-0.1, -0.05) is 5.16 Å². The number of oxime groups is 1. The Balaban J connectivity index is 0.000000159. The summed E-state index contributed by atoms with van der Waals surface area (Å²) in [7, 11) is 5.83. The summed E-state index contributed by atoms with van der Waals surface area (Å²) in [6.45, 7) is 2.99. The predicted octanol–water partition coefficient (Wildman–Crippen LogP) is 5.04. The summed E-state index contributed by atoms with van der Waals surface area (Å²) in [6.07, 6.45) is 20.0. The van der Waals surface area contributed by atoms with Crippen molar-refractivity contribution in [3.8, 4) is 22.3 Å². The van der Waals surface area contributed by atoms with Crippen molar-refractivity contribution in [2.24, 2.45) is 31.1 Å². The fourth-order valence-corrected chi connectivity index (χ4v) is 7.80. The zero-order valence-corrected chi connectivity index (χ0v) is 29.8. The maximum Gasteiger partial charge on any atom is 0.165 e. The van der Waals surface area contributed by atoms with Crippen molar-refractivity contribution in [2.45, 2.75) is 70.1 Å². The summed E-state index contributed by atoms with van der Waals surface area (Å²) in [5, 5.41) is 32.9. The van der Waals surface area contributed by atoms with Crippen LogP contribution in [0.15, 0.2) is 54.5 Å². The third-order valence-corrected chi connectivity index (χ3v) is 10.7. The molecule has 2 fully saturated rings. The van der Waals surface area contributed by atoms with Crippen LogP contribution in [0.1, 0.15) is 81.5 Å². The maximum atomic E-state index is 8.98. The number of nitrogen functional groups attached to an aromatic ring is 2. The van der Waals surface area contributed by atoms with Crippen molar-refractivity contribution in [2.75, 3.05) is 25.1 Å². The highest BCUT2D eigenvalue weighted by Gasteiger charge is 2.27. The van der Waals surface area contributed by atoms with E-state index in [2.05, 4.69) is 30.9 Å². The van der Waals surface area contributed by atoms with Crippen LogP contribution in [0.3, 0.4) is 0 Å². The van der Waals surface area contributed by atoms with Gasteiger partial charge in [-0.25, -0.2) is 9.97 Å². The Morgan fingerprint density at radius 3 is 1.63 bits per heavy atom. The summed E-state index contributed by atoms with van der Waals surface area (Å²) in [5.41, 5.74) is 20.9. The van der Waals surface area contributed by atoms with Crippen molar-refractivity contribution in [1.29, 1.82) is 0 Å². The van der Waals surface area contributed by atoms with Crippen LogP contribution in [0.2, 0.25) is 0 Å². The van der Waals surface area contributed by atoms with Crippen molar-refractivity contribution < 1.29 is 5.21 Å². The van der Waals surface area contributed by atoms with Gasteiger partial charge in [-0.3, -0.25) is 9.36 Å². The lowest BCUT2D eigenvalue weighted by atomic mass is 9.78. The number of anilines is 2. The standard InChI is InChI=1S/C18H23N7O.C18H25N7/c1-11(23-26)12-3-5-13(6-4-12)16-7-17(19)25-18(22-16)15(9-21-25)14-8-20-24(2)10-14;1-20-8-12-3-5-13(6-4-12)16-7-17(19)25-18(23-16)15(10-22-25)14-9-21-24(2)11-14/h7-10,12-13,26H,3-6,19H2,1-2H3;7,9-13,20H,3-6,8,19H2,1-2H3/b23-11+;. The number of nitrogens with one attached hydrogen (secondary N) is 1. The molecule has 15 heteroatoms. The fraction of sp³-hybridized carbons (Fsp3) is 0.472. The first-order valence-electron chi connectivity index (χ1n) is 17.8. The number of hydrogen-bond acceptors (Lipinski definition) is 11. The van der Waals surface area contributed by atoms with E-state index in [0.717, 1.165) is 88.8 Å². The smallest absolute Gasteiger partial charge is 0.165 e. The molecule has 0 saturated heterocycles. The van der Waals surface area contributed by atoms with E-state index in [1.807, 2.05) is 71.2 Å². The molecule has 0 aromatic carbocycles. The van der Waals surface area contributed by atoms with Crippen molar-refractivity contribution >= 4 is 28.6 Å². The number of aromatic nitrogens is 10. The van der Waals surface area contributed by atoms with Gasteiger partial charge in [0.2, 0.25) is 0 Å². The maximum absolute atomic E-state index is 8.98. The minimum atomic E-state index is 0.359. The zero-order valence-electron chi connectivity index (χ0n) is 29.8. The summed E-state index contributed by atoms with van der Waals surface area (Å²) < 4.78 is 6.95. The molecule has 0 aliphatic heterocycles. The van der Waals surface area contributed by atoms with E-state index in [9.17, 15) is 0 Å². The lowest BCUT2D eigenvalue weighted by molar-refractivity contribution is 0.306. The van der Waals surface area contributed by atoms with Gasteiger partial charge in [0.15, 0.2) is 11.3 Å². The van der Waals surface area contributed by atoms with Crippen LogP contribution in [-0.2, 0) is 14.1 Å². The number of fused-ring (bicyclic) bond motifs is 2. The first-order chi connectivity index (χ1) is 24.7. The van der Waals surface area contributed by atoms with Gasteiger partial charge in [-0.2, -0.15) is 29.4 Å². The molecular weight excluding hydrogens is 644 g/mol. The van der Waals surface area contributed by atoms with Crippen LogP contribution in [0, 0.1) is 11.8 Å². The second-order valence-electron chi connectivity index (χ2n) is 14.2. The third kappa shape index (κ3) is 7.02. The van der Waals surface area contributed by atoms with Gasteiger partial charge in [0.05, 0.1) is 30.5 Å². The molecule has 0 radical (unpaired) electrons. The monoisotopic (exact) mass is 692 g/mol. The highest BCUT2D eigenvalue weighted by Crippen LogP contribution is 2.38. The van der Waals surface area contributed by atoms with E-state index in [1.54, 1.807) is 24.6 Å². The van der Waals surface area contributed by atoms with E-state index in [0.29, 0.717) is 29.4 Å². The number of nitrogens with two attached hydrogens (primary N) is 2. The Kier molecular flexibility index (Phi) is 9.71. The molecule has 0 spiro atoms. The van der Waals surface area contributed by atoms with Gasteiger partial charge in [0.1, 0.15) is 11.6 Å². The van der Waals surface area contributed by atoms with Crippen LogP contribution in [-0.4, -0.2) is 73.3 Å². The minimum Gasteiger partial charge on any atom is -0.411 e. The van der Waals surface area contributed by atoms with E-state index in [1.165, 1.54) is 25.7 Å². The number of rotatable bonds is 7. The molecule has 0 bridgehead atoms. The Morgan fingerprint density at radius 1 is 0.745 bits per heavy atom. The Hall–Kier alpha value is -5.31. The molecule has 51 heavy (non-hydrogen) atoms. The third-order valence-electron chi connectivity index (χ3n) is 10.7. The van der Waals surface area contributed by atoms with Crippen LogP contribution < -0.4 is 16.8 Å². The summed E-state index contributed by atoms with van der Waals surface area (Å²) in [4.78, 5) is 9.84. The van der Waals surface area contributed by atoms with Crippen molar-refractivity contribution in [1.82, 2.24) is 54.1 Å². The average molecular weight is 693 g/mol. The van der Waals surface area contributed by atoms with Crippen molar-refractivity contribution in [3.05, 3.63) is 60.7 Å². The fourth-order valence-electron chi connectivity index (χ4n) is 7.80. The molecule has 0 atom stereocenters. The van der Waals surface area contributed by atoms with Crippen LogP contribution in [0.5, 0.6) is 0 Å². The first-order valence-corrected chi connectivity index (χ1v) is 17.8. The summed E-state index contributed by atoms with van der Waals surface area (Å²) >= 11 is 0. The number of nitrogens with zero attached hydrogens (tertiary/aromatic N) is 11. The number of hydrogen-bond donors (Lipinski definition) is 4. The first kappa shape index (κ1) is 34.2. The molecule has 6 N–H and O–H groups in total. The molecule has 6 heterocycles. The Labute approximate surface area is 296 Å². The lowest BCUT2D eigenvalue weighted by Crippen LogP contribution is -2.23. The van der Waals surface area contributed by atoms with Gasteiger partial charge in [-0.05, 0) is 77.8 Å². The van der Waals surface area contributed by atoms with Gasteiger partial charge in [-0.15, -0.1) is 0 Å². The van der Waals surface area contributed by atoms with Crippen LogP contribution in [0.25, 0.3) is 33.5 Å². The molecule has 0 amide bonds. The van der Waals surface area contributed by atoms with Crippen molar-refractivity contribution in [3.63, 3.8) is 0 Å². The van der Waals surface area contributed by atoms with Gasteiger partial charge >= 0.3 is 0 Å². The molecular formula is C36H48N14O. The van der Waals surface area contributed by atoms with Gasteiger partial charge in [0, 0.05) is 90.0 Å². The van der Waals surface area contributed by atoms with Crippen LogP contribution in [0.4, 0.5) is 11.6 Å². The summed E-state index contributed by atoms with van der Waals surface area (Å²) in [6, 6.07) is 3.93. The Morgan fingerprint density at radius 2 is 1.22 bits per heavy atom. The molecule has 0 unspecified atom stereocenters. The normalized spacial score (nSPS) is 21.2. The SMILES string of the molecule is C/C(=N\O)C1CCC(c2cc(N)n3ncc(-c4cnn(C)c4)c3n2)CC1.CNCC1CCC(c2cc(N)n3ncc(-c4cnn(C)c4)c3n2)CC1. The molecule has 268 valence electrons. The molecule has 6 aromatic rings. The largest absolute Gasteiger partial charge is 0.411 e. The minimum absolute atomic E-state index is 0.359. The number of aryl methyl sites for hydroxylation is 2. The molecule has 2 saturated carbocycles. The second kappa shape index (κ2) is 14.5. The lowest BCUT2D eigenvalue weighted by Gasteiger charge is -2.28. The van der Waals surface area contributed by atoms with Crippen LogP contribution >= 0.6 is 0 Å². The summed E-state index contributed by atoms with van der Waals surface area (Å²) in [5.74, 6) is 3.23. The average Bonchev–Trinajstić information content (AvgIpc) is 3.95. The van der Waals surface area contributed by atoms with E-state index in [-0.39, 0.29) is 0 Å². The molecule has 2 aliphatic carbocycles. The van der Waals surface area contributed by atoms with E-state index >= 15 is 0 Å². The topological polar surface area (TPSA) is 193 Å². The van der Waals surface area contributed by atoms with E-state index in [4.69, 9.17) is 26.6 Å². The predicted molar refractivity (Wildman–Crippen MR) is 197 cm³/mol. The quantitative estimate of drug-likeness (QED) is 0.100. The molecule has 6 aromatic heterocycles.